The molecular weight excluding hydrogens is 308 g/mol. The molecule has 1 fully saturated rings. The molecule has 1 heterocycles. The van der Waals surface area contributed by atoms with E-state index in [0.29, 0.717) is 23.7 Å². The molecule has 0 saturated carbocycles. The zero-order valence-corrected chi connectivity index (χ0v) is 12.7. The van der Waals surface area contributed by atoms with E-state index in [1.807, 2.05) is 0 Å². The Hall–Kier alpha value is -2.08. The number of carbonyl (C=O) groups excluding carboxylic acids is 2. The van der Waals surface area contributed by atoms with Crippen molar-refractivity contribution >= 4 is 35.1 Å². The number of nitrogens with zero attached hydrogens (tertiary/aromatic N) is 1. The minimum atomic E-state index is -1.04. The Morgan fingerprint density at radius 1 is 1.32 bits per heavy atom. The highest BCUT2D eigenvalue weighted by Crippen LogP contribution is 2.28. The van der Waals surface area contributed by atoms with Gasteiger partial charge in [0.2, 0.25) is 11.8 Å². The molecule has 7 heteroatoms. The van der Waals surface area contributed by atoms with Crippen LogP contribution in [0.2, 0.25) is 5.02 Å². The minimum absolute atomic E-state index is 0.134. The fraction of sp³-hybridized carbons (Fsp3) is 0.400. The third kappa shape index (κ3) is 3.98. The summed E-state index contributed by atoms with van der Waals surface area (Å²) in [6.45, 7) is 0.546. The Kier molecular flexibility index (Phi) is 5.38. The van der Waals surface area contributed by atoms with Gasteiger partial charge in [0, 0.05) is 13.0 Å². The van der Waals surface area contributed by atoms with Crippen molar-refractivity contribution in [2.45, 2.75) is 31.7 Å². The molecule has 0 spiro atoms. The highest BCUT2D eigenvalue weighted by atomic mass is 35.5. The number of nitrogens with one attached hydrogen (secondary N) is 1. The monoisotopic (exact) mass is 324 g/mol. The highest BCUT2D eigenvalue weighted by molar-refractivity contribution is 6.33. The smallest absolute Gasteiger partial charge is 0.303 e. The van der Waals surface area contributed by atoms with Gasteiger partial charge >= 0.3 is 5.97 Å². The number of rotatable bonds is 5. The lowest BCUT2D eigenvalue weighted by Crippen LogP contribution is -2.52. The molecule has 1 aromatic carbocycles. The summed E-state index contributed by atoms with van der Waals surface area (Å²) in [6.07, 6.45) is 0.894. The molecule has 1 saturated heterocycles. The van der Waals surface area contributed by atoms with Crippen LogP contribution in [-0.4, -0.2) is 35.5 Å². The van der Waals surface area contributed by atoms with Crippen LogP contribution < -0.4 is 10.2 Å². The molecule has 1 aliphatic heterocycles. The van der Waals surface area contributed by atoms with Gasteiger partial charge in [0.1, 0.15) is 6.04 Å². The van der Waals surface area contributed by atoms with E-state index in [0.717, 1.165) is 6.42 Å². The lowest BCUT2D eigenvalue weighted by atomic mass is 10.0. The lowest BCUT2D eigenvalue weighted by Gasteiger charge is -2.33. The van der Waals surface area contributed by atoms with Gasteiger partial charge in [0.15, 0.2) is 0 Å². The van der Waals surface area contributed by atoms with Crippen molar-refractivity contribution in [3.63, 3.8) is 0 Å². The summed E-state index contributed by atoms with van der Waals surface area (Å²) in [5, 5.41) is 11.7. The number of hydrogen-bond acceptors (Lipinski definition) is 3. The Labute approximate surface area is 133 Å². The van der Waals surface area contributed by atoms with Crippen molar-refractivity contribution in [1.29, 1.82) is 0 Å². The number of carboxylic acid groups (broad SMARTS) is 1. The van der Waals surface area contributed by atoms with Crippen molar-refractivity contribution in [2.75, 3.05) is 11.4 Å². The van der Waals surface area contributed by atoms with Crippen molar-refractivity contribution in [3.8, 4) is 0 Å². The molecule has 1 aromatic rings. The Morgan fingerprint density at radius 3 is 2.73 bits per heavy atom. The first-order valence-electron chi connectivity index (χ1n) is 7.06. The molecule has 6 nitrogen and oxygen atoms in total. The van der Waals surface area contributed by atoms with Gasteiger partial charge in [-0.1, -0.05) is 23.7 Å². The molecule has 0 aliphatic carbocycles. The average Bonchev–Trinajstić information content (AvgIpc) is 2.48. The molecule has 0 bridgehead atoms. The molecule has 0 radical (unpaired) electrons. The zero-order chi connectivity index (χ0) is 16.1. The van der Waals surface area contributed by atoms with Crippen molar-refractivity contribution in [1.82, 2.24) is 5.32 Å². The molecule has 1 aliphatic rings. The molecule has 22 heavy (non-hydrogen) atoms. The lowest BCUT2D eigenvalue weighted by molar-refractivity contribution is -0.139. The van der Waals surface area contributed by atoms with Crippen LogP contribution >= 0.6 is 11.6 Å². The molecule has 2 rings (SSSR count). The fourth-order valence-electron chi connectivity index (χ4n) is 2.41. The Bertz CT molecular complexity index is 591. The van der Waals surface area contributed by atoms with Gasteiger partial charge in [0.25, 0.3) is 0 Å². The van der Waals surface area contributed by atoms with E-state index in [1.54, 1.807) is 29.2 Å². The molecule has 2 amide bonds. The number of benzene rings is 1. The van der Waals surface area contributed by atoms with Crippen LogP contribution in [0.25, 0.3) is 0 Å². The number of aliphatic carboxylic acids is 1. The SMILES string of the molecule is O=C(O)CCC(=O)NC1CCCN(c2ccccc2Cl)C1=O. The van der Waals surface area contributed by atoms with Gasteiger partial charge in [-0.15, -0.1) is 0 Å². The third-order valence-corrected chi connectivity index (χ3v) is 3.80. The van der Waals surface area contributed by atoms with E-state index < -0.39 is 17.9 Å². The summed E-state index contributed by atoms with van der Waals surface area (Å²) in [4.78, 5) is 36.2. The number of carbonyl (C=O) groups is 3. The first-order chi connectivity index (χ1) is 10.5. The van der Waals surface area contributed by atoms with Crippen LogP contribution in [0, 0.1) is 0 Å². The van der Waals surface area contributed by atoms with Gasteiger partial charge in [0.05, 0.1) is 17.1 Å². The summed E-state index contributed by atoms with van der Waals surface area (Å²) in [5.41, 5.74) is 0.624. The summed E-state index contributed by atoms with van der Waals surface area (Å²) in [5.74, 6) is -1.69. The summed E-state index contributed by atoms with van der Waals surface area (Å²) < 4.78 is 0. The Balaban J connectivity index is 2.03. The number of amides is 2. The maximum atomic E-state index is 12.5. The molecular formula is C15H17ClN2O4. The van der Waals surface area contributed by atoms with Gasteiger partial charge in [-0.3, -0.25) is 14.4 Å². The van der Waals surface area contributed by atoms with E-state index in [-0.39, 0.29) is 18.7 Å². The molecule has 118 valence electrons. The van der Waals surface area contributed by atoms with Crippen LogP contribution in [0.15, 0.2) is 24.3 Å². The number of anilines is 1. The standard InChI is InChI=1S/C15H17ClN2O4/c16-10-4-1-2-6-12(10)18-9-3-5-11(15(18)22)17-13(19)7-8-14(20)21/h1-2,4,6,11H,3,5,7-9H2,(H,17,19)(H,20,21). The topological polar surface area (TPSA) is 86.7 Å². The molecule has 0 aromatic heterocycles. The molecule has 1 unspecified atom stereocenters. The third-order valence-electron chi connectivity index (χ3n) is 3.48. The van der Waals surface area contributed by atoms with E-state index in [1.165, 1.54) is 0 Å². The van der Waals surface area contributed by atoms with Gasteiger partial charge in [-0.25, -0.2) is 0 Å². The number of para-hydroxylation sites is 1. The average molecular weight is 325 g/mol. The quantitative estimate of drug-likeness (QED) is 0.865. The van der Waals surface area contributed by atoms with Gasteiger partial charge in [-0.2, -0.15) is 0 Å². The number of carboxylic acids is 1. The largest absolute Gasteiger partial charge is 0.481 e. The maximum absolute atomic E-state index is 12.5. The summed E-state index contributed by atoms with van der Waals surface area (Å²) in [7, 11) is 0. The summed E-state index contributed by atoms with van der Waals surface area (Å²) in [6, 6.07) is 6.41. The van der Waals surface area contributed by atoms with E-state index in [9.17, 15) is 14.4 Å². The van der Waals surface area contributed by atoms with E-state index in [4.69, 9.17) is 16.7 Å². The first kappa shape index (κ1) is 16.3. The predicted molar refractivity (Wildman–Crippen MR) is 81.8 cm³/mol. The van der Waals surface area contributed by atoms with Crippen molar-refractivity contribution < 1.29 is 19.5 Å². The predicted octanol–water partition coefficient (Wildman–Crippen LogP) is 1.82. The van der Waals surface area contributed by atoms with E-state index >= 15 is 0 Å². The zero-order valence-electron chi connectivity index (χ0n) is 11.9. The second-order valence-corrected chi connectivity index (χ2v) is 5.50. The van der Waals surface area contributed by atoms with Gasteiger partial charge in [-0.05, 0) is 25.0 Å². The number of hydrogen-bond donors (Lipinski definition) is 2. The normalized spacial score (nSPS) is 18.1. The van der Waals surface area contributed by atoms with Crippen LogP contribution in [0.4, 0.5) is 5.69 Å². The van der Waals surface area contributed by atoms with Crippen LogP contribution in [0.3, 0.4) is 0 Å². The van der Waals surface area contributed by atoms with Crippen LogP contribution in [0.1, 0.15) is 25.7 Å². The second-order valence-electron chi connectivity index (χ2n) is 5.10. The summed E-state index contributed by atoms with van der Waals surface area (Å²) >= 11 is 6.11. The second kappa shape index (κ2) is 7.26. The minimum Gasteiger partial charge on any atom is -0.481 e. The van der Waals surface area contributed by atoms with Crippen LogP contribution in [0.5, 0.6) is 0 Å². The first-order valence-corrected chi connectivity index (χ1v) is 7.44. The number of halogens is 1. The van der Waals surface area contributed by atoms with Crippen LogP contribution in [-0.2, 0) is 14.4 Å². The van der Waals surface area contributed by atoms with E-state index in [2.05, 4.69) is 5.32 Å². The number of piperidine rings is 1. The van der Waals surface area contributed by atoms with Crippen molar-refractivity contribution in [2.24, 2.45) is 0 Å². The highest BCUT2D eigenvalue weighted by Gasteiger charge is 2.31. The van der Waals surface area contributed by atoms with Gasteiger partial charge < -0.3 is 15.3 Å². The Morgan fingerprint density at radius 2 is 2.05 bits per heavy atom. The van der Waals surface area contributed by atoms with Crippen molar-refractivity contribution in [3.05, 3.63) is 29.3 Å². The maximum Gasteiger partial charge on any atom is 0.303 e. The molecule has 2 N–H and O–H groups in total. The fourth-order valence-corrected chi connectivity index (χ4v) is 2.64. The molecule has 1 atom stereocenters.